The maximum Gasteiger partial charge on any atom is 0.314 e. The molecule has 0 fully saturated rings. The molecule has 140 valence electrons. The summed E-state index contributed by atoms with van der Waals surface area (Å²) < 4.78 is 8.19. The summed E-state index contributed by atoms with van der Waals surface area (Å²) >= 11 is 0. The molecule has 0 bridgehead atoms. The second-order valence-corrected chi connectivity index (χ2v) is 5.44. The Morgan fingerprint density at radius 2 is 1.89 bits per heavy atom. The van der Waals surface area contributed by atoms with Gasteiger partial charge in [-0.05, 0) is 18.2 Å². The van der Waals surface area contributed by atoms with E-state index in [2.05, 4.69) is 25.8 Å². The number of nitrogens with one attached hydrogen (secondary N) is 2. The molecule has 0 saturated heterocycles. The number of nitrogens with zero attached hydrogens (tertiary/aromatic N) is 5. The first-order chi connectivity index (χ1) is 13.2. The molecule has 0 aliphatic heterocycles. The maximum atomic E-state index is 11.9. The van der Waals surface area contributed by atoms with Crippen LogP contribution in [0.3, 0.4) is 0 Å². The second-order valence-electron chi connectivity index (χ2n) is 5.44. The Balaban J connectivity index is 1.39. The van der Waals surface area contributed by atoms with Crippen LogP contribution in [0.4, 0.5) is 4.79 Å². The van der Waals surface area contributed by atoms with Crippen LogP contribution in [0, 0.1) is 0 Å². The number of amides is 2. The Bertz CT molecular complexity index is 910. The molecule has 27 heavy (non-hydrogen) atoms. The highest BCUT2D eigenvalue weighted by Gasteiger charge is 2.04. The minimum Gasteiger partial charge on any atom is -0.492 e. The molecule has 2 heterocycles. The van der Waals surface area contributed by atoms with Gasteiger partial charge in [-0.1, -0.05) is 18.2 Å². The van der Waals surface area contributed by atoms with Crippen LogP contribution in [-0.4, -0.2) is 50.3 Å². The van der Waals surface area contributed by atoms with Gasteiger partial charge in [0.1, 0.15) is 25.0 Å². The number of urea groups is 1. The minimum absolute atomic E-state index is 0.231. The molecule has 0 radical (unpaired) electrons. The summed E-state index contributed by atoms with van der Waals surface area (Å²) in [5.41, 5.74) is -0.266. The van der Waals surface area contributed by atoms with Crippen molar-refractivity contribution >= 4 is 6.03 Å². The van der Waals surface area contributed by atoms with Crippen molar-refractivity contribution in [1.82, 2.24) is 35.2 Å². The number of carbonyl (C=O) groups is 1. The predicted octanol–water partition coefficient (Wildman–Crippen LogP) is 0.202. The fourth-order valence-electron chi connectivity index (χ4n) is 2.24. The molecule has 0 aliphatic carbocycles. The maximum absolute atomic E-state index is 11.9. The van der Waals surface area contributed by atoms with Crippen molar-refractivity contribution in [2.24, 2.45) is 0 Å². The summed E-state index contributed by atoms with van der Waals surface area (Å²) in [5, 5.41) is 13.5. The number of ether oxygens (including phenoxy) is 1. The lowest BCUT2D eigenvalue weighted by Crippen LogP contribution is -2.40. The summed E-state index contributed by atoms with van der Waals surface area (Å²) in [6.45, 7) is 1.20. The van der Waals surface area contributed by atoms with E-state index in [1.807, 2.05) is 30.3 Å². The van der Waals surface area contributed by atoms with E-state index in [0.717, 1.165) is 5.75 Å². The van der Waals surface area contributed by atoms with Crippen molar-refractivity contribution in [1.29, 1.82) is 0 Å². The van der Waals surface area contributed by atoms with E-state index in [9.17, 15) is 9.59 Å². The van der Waals surface area contributed by atoms with Gasteiger partial charge in [0.05, 0.1) is 13.1 Å². The Hall–Kier alpha value is -3.69. The van der Waals surface area contributed by atoms with Gasteiger partial charge >= 0.3 is 6.03 Å². The van der Waals surface area contributed by atoms with Gasteiger partial charge in [0.15, 0.2) is 5.82 Å². The van der Waals surface area contributed by atoms with Gasteiger partial charge in [-0.25, -0.2) is 19.1 Å². The molecular formula is C17H19N7O3. The number of benzene rings is 1. The highest BCUT2D eigenvalue weighted by Crippen LogP contribution is 2.07. The molecule has 0 atom stereocenters. The first kappa shape index (κ1) is 18.1. The standard InChI is InChI=1S/C17H19N7O3/c25-16-7-6-15(24-13-18-12-21-24)22-23(16)10-8-19-17(26)20-9-11-27-14-4-2-1-3-5-14/h1-7,12-13H,8-11H2,(H2,19,20,26). The Morgan fingerprint density at radius 3 is 2.67 bits per heavy atom. The van der Waals surface area contributed by atoms with E-state index in [0.29, 0.717) is 19.0 Å². The van der Waals surface area contributed by atoms with Crippen LogP contribution in [0.15, 0.2) is 59.9 Å². The van der Waals surface area contributed by atoms with Crippen LogP contribution in [0.2, 0.25) is 0 Å². The molecule has 2 aromatic heterocycles. The van der Waals surface area contributed by atoms with E-state index in [-0.39, 0.29) is 24.7 Å². The van der Waals surface area contributed by atoms with E-state index >= 15 is 0 Å². The quantitative estimate of drug-likeness (QED) is 0.548. The number of carbonyl (C=O) groups excluding carboxylic acids is 1. The van der Waals surface area contributed by atoms with Gasteiger partial charge in [-0.15, -0.1) is 5.10 Å². The Labute approximate surface area is 154 Å². The summed E-state index contributed by atoms with van der Waals surface area (Å²) in [6, 6.07) is 12.0. The zero-order valence-electron chi connectivity index (χ0n) is 14.5. The van der Waals surface area contributed by atoms with E-state index in [1.54, 1.807) is 6.07 Å². The van der Waals surface area contributed by atoms with Crippen molar-refractivity contribution in [3.05, 3.63) is 65.5 Å². The van der Waals surface area contributed by atoms with Crippen LogP contribution >= 0.6 is 0 Å². The van der Waals surface area contributed by atoms with Crippen LogP contribution in [0.1, 0.15) is 0 Å². The van der Waals surface area contributed by atoms with Gasteiger partial charge < -0.3 is 15.4 Å². The van der Waals surface area contributed by atoms with Crippen molar-refractivity contribution in [2.45, 2.75) is 6.54 Å². The fraction of sp³-hybridized carbons (Fsp3) is 0.235. The van der Waals surface area contributed by atoms with Gasteiger partial charge in [0.25, 0.3) is 5.56 Å². The lowest BCUT2D eigenvalue weighted by Gasteiger charge is -2.10. The lowest BCUT2D eigenvalue weighted by molar-refractivity contribution is 0.236. The van der Waals surface area contributed by atoms with Crippen molar-refractivity contribution in [3.63, 3.8) is 0 Å². The van der Waals surface area contributed by atoms with Crippen LogP contribution in [0.25, 0.3) is 5.82 Å². The minimum atomic E-state index is -0.341. The average molecular weight is 369 g/mol. The fourth-order valence-corrected chi connectivity index (χ4v) is 2.24. The molecule has 3 aromatic rings. The second kappa shape index (κ2) is 9.13. The number of hydrogen-bond donors (Lipinski definition) is 2. The lowest BCUT2D eigenvalue weighted by atomic mass is 10.3. The molecule has 2 amide bonds. The first-order valence-electron chi connectivity index (χ1n) is 8.35. The molecule has 0 saturated carbocycles. The van der Waals surface area contributed by atoms with Gasteiger partial charge in [0, 0.05) is 12.6 Å². The number of hydrogen-bond acceptors (Lipinski definition) is 6. The van der Waals surface area contributed by atoms with Crippen LogP contribution < -0.4 is 20.9 Å². The van der Waals surface area contributed by atoms with Crippen LogP contribution in [-0.2, 0) is 6.54 Å². The Morgan fingerprint density at radius 1 is 1.07 bits per heavy atom. The van der Waals surface area contributed by atoms with Gasteiger partial charge in [-0.2, -0.15) is 5.10 Å². The van der Waals surface area contributed by atoms with Crippen molar-refractivity contribution in [2.75, 3.05) is 19.7 Å². The normalized spacial score (nSPS) is 10.4. The summed E-state index contributed by atoms with van der Waals surface area (Å²) in [6.07, 6.45) is 2.87. The average Bonchev–Trinajstić information content (AvgIpc) is 3.22. The zero-order chi connectivity index (χ0) is 18.9. The summed E-state index contributed by atoms with van der Waals surface area (Å²) in [7, 11) is 0. The van der Waals surface area contributed by atoms with Crippen molar-refractivity contribution < 1.29 is 9.53 Å². The molecule has 2 N–H and O–H groups in total. The van der Waals surface area contributed by atoms with E-state index < -0.39 is 0 Å². The SMILES string of the molecule is O=C(NCCOc1ccccc1)NCCn1nc(-n2cncn2)ccc1=O. The van der Waals surface area contributed by atoms with E-state index in [1.165, 1.54) is 28.1 Å². The molecule has 1 aromatic carbocycles. The summed E-state index contributed by atoms with van der Waals surface area (Å²) in [5.74, 6) is 1.21. The number of aromatic nitrogens is 5. The third-order valence-corrected chi connectivity index (χ3v) is 3.51. The van der Waals surface area contributed by atoms with Crippen LogP contribution in [0.5, 0.6) is 5.75 Å². The highest BCUT2D eigenvalue weighted by molar-refractivity contribution is 5.73. The molecule has 0 aliphatic rings. The third kappa shape index (κ3) is 5.39. The largest absolute Gasteiger partial charge is 0.492 e. The molecular weight excluding hydrogens is 350 g/mol. The zero-order valence-corrected chi connectivity index (χ0v) is 14.5. The van der Waals surface area contributed by atoms with Gasteiger partial charge in [-0.3, -0.25) is 4.79 Å². The van der Waals surface area contributed by atoms with Crippen molar-refractivity contribution in [3.8, 4) is 11.6 Å². The number of para-hydroxylation sites is 1. The highest BCUT2D eigenvalue weighted by atomic mass is 16.5. The molecule has 10 heteroatoms. The summed E-state index contributed by atoms with van der Waals surface area (Å²) in [4.78, 5) is 27.5. The molecule has 0 spiro atoms. The topological polar surface area (TPSA) is 116 Å². The molecule has 0 unspecified atom stereocenters. The predicted molar refractivity (Wildman–Crippen MR) is 96.8 cm³/mol. The van der Waals surface area contributed by atoms with Gasteiger partial charge in [0.2, 0.25) is 0 Å². The third-order valence-electron chi connectivity index (χ3n) is 3.51. The smallest absolute Gasteiger partial charge is 0.314 e. The first-order valence-corrected chi connectivity index (χ1v) is 8.35. The molecule has 10 nitrogen and oxygen atoms in total. The number of rotatable bonds is 8. The monoisotopic (exact) mass is 369 g/mol. The molecule has 3 rings (SSSR count). The van der Waals surface area contributed by atoms with E-state index in [4.69, 9.17) is 4.74 Å². The Kier molecular flexibility index (Phi) is 6.13.